The zero-order chi connectivity index (χ0) is 15.9. The number of carbonyl (C=O) groups is 1. The fourth-order valence-corrected chi connectivity index (χ4v) is 1.79. The molecule has 0 aliphatic heterocycles. The number of ether oxygens (including phenoxy) is 1. The second-order valence-electron chi connectivity index (χ2n) is 4.88. The topological polar surface area (TPSA) is 76.4 Å². The van der Waals surface area contributed by atoms with Crippen LogP contribution < -0.4 is 15.4 Å². The zero-order valence-corrected chi connectivity index (χ0v) is 12.4. The predicted octanol–water partition coefficient (Wildman–Crippen LogP) is 2.39. The maximum Gasteiger partial charge on any atom is 0.315 e. The van der Waals surface area contributed by atoms with Gasteiger partial charge in [-0.1, -0.05) is 11.2 Å². The lowest BCUT2D eigenvalue weighted by atomic mass is 10.3. The van der Waals surface area contributed by atoms with Gasteiger partial charge in [-0.2, -0.15) is 0 Å². The van der Waals surface area contributed by atoms with Crippen LogP contribution in [-0.2, 0) is 6.54 Å². The van der Waals surface area contributed by atoms with Crippen molar-refractivity contribution < 1.29 is 18.4 Å². The first kappa shape index (κ1) is 15.8. The van der Waals surface area contributed by atoms with E-state index in [1.54, 1.807) is 32.0 Å². The Morgan fingerprint density at radius 2 is 2.23 bits per heavy atom. The molecule has 1 heterocycles. The lowest BCUT2D eigenvalue weighted by Gasteiger charge is -2.15. The lowest BCUT2D eigenvalue weighted by Crippen LogP contribution is -2.40. The second kappa shape index (κ2) is 7.44. The van der Waals surface area contributed by atoms with Gasteiger partial charge in [0.15, 0.2) is 0 Å². The lowest BCUT2D eigenvalue weighted by molar-refractivity contribution is 0.207. The van der Waals surface area contributed by atoms with E-state index in [9.17, 15) is 9.18 Å². The fraction of sp³-hybridized carbons (Fsp3) is 0.333. The Bertz CT molecular complexity index is 630. The van der Waals surface area contributed by atoms with Crippen molar-refractivity contribution in [3.8, 4) is 5.75 Å². The first-order valence-corrected chi connectivity index (χ1v) is 6.89. The third-order valence-electron chi connectivity index (χ3n) is 2.79. The zero-order valence-electron chi connectivity index (χ0n) is 12.4. The summed E-state index contributed by atoms with van der Waals surface area (Å²) >= 11 is 0. The van der Waals surface area contributed by atoms with E-state index in [1.165, 1.54) is 12.1 Å². The van der Waals surface area contributed by atoms with Crippen LogP contribution in [0.4, 0.5) is 9.18 Å². The molecule has 0 unspecified atom stereocenters. The molecule has 22 heavy (non-hydrogen) atoms. The first-order chi connectivity index (χ1) is 10.5. The van der Waals surface area contributed by atoms with Gasteiger partial charge in [0.2, 0.25) is 0 Å². The fourth-order valence-electron chi connectivity index (χ4n) is 1.79. The average molecular weight is 307 g/mol. The average Bonchev–Trinajstić information content (AvgIpc) is 2.89. The van der Waals surface area contributed by atoms with Crippen LogP contribution in [0.5, 0.6) is 5.75 Å². The standard InChI is InChI=1S/C15H18FN3O3/c1-10-6-13(19-22-10)9-18-15(20)17-8-11(2)21-14-5-3-4-12(16)7-14/h3-7,11H,8-9H2,1-2H3,(H2,17,18,20)/t11-/m0/s1. The first-order valence-electron chi connectivity index (χ1n) is 6.89. The number of rotatable bonds is 6. The summed E-state index contributed by atoms with van der Waals surface area (Å²) in [7, 11) is 0. The summed E-state index contributed by atoms with van der Waals surface area (Å²) in [6.07, 6.45) is -0.290. The molecule has 2 amide bonds. The van der Waals surface area contributed by atoms with Gasteiger partial charge in [-0.3, -0.25) is 0 Å². The van der Waals surface area contributed by atoms with E-state index in [0.29, 0.717) is 23.7 Å². The van der Waals surface area contributed by atoms with Crippen LogP contribution in [0.3, 0.4) is 0 Å². The molecule has 1 aromatic carbocycles. The Hall–Kier alpha value is -2.57. The van der Waals surface area contributed by atoms with E-state index < -0.39 is 0 Å². The predicted molar refractivity (Wildman–Crippen MR) is 78.0 cm³/mol. The molecule has 0 saturated carbocycles. The number of halogens is 1. The normalized spacial score (nSPS) is 11.8. The SMILES string of the molecule is Cc1cc(CNC(=O)NC[C@H](C)Oc2cccc(F)c2)no1. The molecule has 2 N–H and O–H groups in total. The molecule has 2 aromatic rings. The molecule has 0 fully saturated rings. The molecule has 118 valence electrons. The maximum atomic E-state index is 13.0. The number of urea groups is 1. The highest BCUT2D eigenvalue weighted by molar-refractivity contribution is 5.73. The highest BCUT2D eigenvalue weighted by Crippen LogP contribution is 2.13. The molecule has 0 aliphatic carbocycles. The third kappa shape index (κ3) is 5.08. The van der Waals surface area contributed by atoms with Gasteiger partial charge < -0.3 is 19.9 Å². The number of aryl methyl sites for hydroxylation is 1. The van der Waals surface area contributed by atoms with Crippen molar-refractivity contribution in [2.45, 2.75) is 26.5 Å². The number of benzene rings is 1. The molecule has 1 atom stereocenters. The van der Waals surface area contributed by atoms with E-state index in [-0.39, 0.29) is 24.5 Å². The third-order valence-corrected chi connectivity index (χ3v) is 2.79. The Morgan fingerprint density at radius 1 is 1.41 bits per heavy atom. The van der Waals surface area contributed by atoms with Crippen LogP contribution in [0, 0.1) is 12.7 Å². The number of hydrogen-bond donors (Lipinski definition) is 2. The summed E-state index contributed by atoms with van der Waals surface area (Å²) < 4.78 is 23.4. The molecule has 0 spiro atoms. The van der Waals surface area contributed by atoms with Gasteiger partial charge in [0, 0.05) is 12.1 Å². The number of nitrogens with one attached hydrogen (secondary N) is 2. The maximum absolute atomic E-state index is 13.0. The van der Waals surface area contributed by atoms with E-state index in [0.717, 1.165) is 0 Å². The molecule has 0 radical (unpaired) electrons. The summed E-state index contributed by atoms with van der Waals surface area (Å²) in [5.74, 6) is 0.750. The van der Waals surface area contributed by atoms with Crippen LogP contribution in [0.1, 0.15) is 18.4 Å². The van der Waals surface area contributed by atoms with Crippen molar-refractivity contribution in [3.05, 3.63) is 47.6 Å². The number of amides is 2. The molecular weight excluding hydrogens is 289 g/mol. The van der Waals surface area contributed by atoms with Crippen molar-refractivity contribution in [2.24, 2.45) is 0 Å². The van der Waals surface area contributed by atoms with Gasteiger partial charge in [-0.15, -0.1) is 0 Å². The van der Waals surface area contributed by atoms with Crippen molar-refractivity contribution >= 4 is 6.03 Å². The molecule has 2 rings (SSSR count). The smallest absolute Gasteiger partial charge is 0.315 e. The van der Waals surface area contributed by atoms with Crippen LogP contribution in [0.15, 0.2) is 34.9 Å². The van der Waals surface area contributed by atoms with Crippen LogP contribution >= 0.6 is 0 Å². The van der Waals surface area contributed by atoms with E-state index in [1.807, 2.05) is 0 Å². The Balaban J connectivity index is 1.69. The molecular formula is C15H18FN3O3. The molecule has 7 heteroatoms. The summed E-state index contributed by atoms with van der Waals surface area (Å²) in [4.78, 5) is 11.6. The summed E-state index contributed by atoms with van der Waals surface area (Å²) in [6.45, 7) is 4.14. The minimum Gasteiger partial charge on any atom is -0.489 e. The van der Waals surface area contributed by atoms with Crippen molar-refractivity contribution in [1.29, 1.82) is 0 Å². The Kier molecular flexibility index (Phi) is 5.35. The molecule has 6 nitrogen and oxygen atoms in total. The monoisotopic (exact) mass is 307 g/mol. The largest absolute Gasteiger partial charge is 0.489 e. The second-order valence-corrected chi connectivity index (χ2v) is 4.88. The molecule has 0 aliphatic rings. The summed E-state index contributed by atoms with van der Waals surface area (Å²) in [5.41, 5.74) is 0.650. The minimum atomic E-state index is -0.363. The number of carbonyl (C=O) groups excluding carboxylic acids is 1. The van der Waals surface area contributed by atoms with Gasteiger partial charge in [0.05, 0.1) is 13.1 Å². The summed E-state index contributed by atoms with van der Waals surface area (Å²) in [5, 5.41) is 9.09. The van der Waals surface area contributed by atoms with Crippen LogP contribution in [-0.4, -0.2) is 23.8 Å². The van der Waals surface area contributed by atoms with E-state index in [2.05, 4.69) is 15.8 Å². The van der Waals surface area contributed by atoms with Gasteiger partial charge >= 0.3 is 6.03 Å². The highest BCUT2D eigenvalue weighted by atomic mass is 19.1. The van der Waals surface area contributed by atoms with E-state index >= 15 is 0 Å². The van der Waals surface area contributed by atoms with Gasteiger partial charge in [0.1, 0.15) is 29.1 Å². The van der Waals surface area contributed by atoms with Crippen LogP contribution in [0.2, 0.25) is 0 Å². The summed E-state index contributed by atoms with van der Waals surface area (Å²) in [6, 6.07) is 7.27. The van der Waals surface area contributed by atoms with Crippen LogP contribution in [0.25, 0.3) is 0 Å². The van der Waals surface area contributed by atoms with Crippen molar-refractivity contribution in [3.63, 3.8) is 0 Å². The molecule has 0 bridgehead atoms. The Morgan fingerprint density at radius 3 is 2.91 bits per heavy atom. The quantitative estimate of drug-likeness (QED) is 0.859. The number of hydrogen-bond acceptors (Lipinski definition) is 4. The number of aromatic nitrogens is 1. The van der Waals surface area contributed by atoms with Gasteiger partial charge in [-0.05, 0) is 26.0 Å². The Labute approximate surface area is 127 Å². The van der Waals surface area contributed by atoms with Gasteiger partial charge in [0.25, 0.3) is 0 Å². The molecule has 1 aromatic heterocycles. The number of nitrogens with zero attached hydrogens (tertiary/aromatic N) is 1. The minimum absolute atomic E-state index is 0.280. The van der Waals surface area contributed by atoms with E-state index in [4.69, 9.17) is 9.26 Å². The van der Waals surface area contributed by atoms with Crippen molar-refractivity contribution in [2.75, 3.05) is 6.54 Å². The molecule has 0 saturated heterocycles. The highest BCUT2D eigenvalue weighted by Gasteiger charge is 2.08. The van der Waals surface area contributed by atoms with Crippen molar-refractivity contribution in [1.82, 2.24) is 15.8 Å². The van der Waals surface area contributed by atoms with Gasteiger partial charge in [-0.25, -0.2) is 9.18 Å².